The van der Waals surface area contributed by atoms with E-state index in [1.807, 2.05) is 0 Å². The maximum atomic E-state index is 9.15. The highest BCUT2D eigenvalue weighted by atomic mass is 16.3. The van der Waals surface area contributed by atoms with Crippen LogP contribution in [0.4, 0.5) is 0 Å². The smallest absolute Gasteiger partial charge is 0.0586 e. The second kappa shape index (κ2) is 4.77. The Kier molecular flexibility index (Phi) is 3.94. The Morgan fingerprint density at radius 3 is 2.85 bits per heavy atom. The van der Waals surface area contributed by atoms with Crippen molar-refractivity contribution in [2.24, 2.45) is 5.92 Å². The molecule has 0 aromatic rings. The predicted octanol–water partition coefficient (Wildman–Crippen LogP) is 1.66. The molecular weight excluding hydrogens is 162 g/mol. The van der Waals surface area contributed by atoms with Gasteiger partial charge >= 0.3 is 0 Å². The van der Waals surface area contributed by atoms with Crippen molar-refractivity contribution >= 4 is 0 Å². The molecule has 0 aromatic carbocycles. The van der Waals surface area contributed by atoms with E-state index >= 15 is 0 Å². The van der Waals surface area contributed by atoms with E-state index in [2.05, 4.69) is 31.9 Å². The summed E-state index contributed by atoms with van der Waals surface area (Å²) in [6.07, 6.45) is 4.56. The van der Waals surface area contributed by atoms with Crippen LogP contribution in [0.25, 0.3) is 0 Å². The minimum absolute atomic E-state index is 0.287. The molecule has 0 bridgehead atoms. The van der Waals surface area contributed by atoms with Crippen molar-refractivity contribution in [1.82, 2.24) is 4.90 Å². The zero-order valence-electron chi connectivity index (χ0n) is 8.95. The Morgan fingerprint density at radius 1 is 1.62 bits per heavy atom. The van der Waals surface area contributed by atoms with Crippen molar-refractivity contribution in [3.05, 3.63) is 11.6 Å². The van der Waals surface area contributed by atoms with Gasteiger partial charge in [0.15, 0.2) is 0 Å². The van der Waals surface area contributed by atoms with Crippen LogP contribution < -0.4 is 0 Å². The fourth-order valence-electron chi connectivity index (χ4n) is 1.82. The molecule has 0 radical (unpaired) electrons. The second-order valence-corrected chi connectivity index (χ2v) is 4.25. The summed E-state index contributed by atoms with van der Waals surface area (Å²) in [5.41, 5.74) is 1.54. The van der Waals surface area contributed by atoms with E-state index in [1.54, 1.807) is 5.57 Å². The number of nitrogens with zero attached hydrogens (tertiary/aromatic N) is 1. The first-order valence-corrected chi connectivity index (χ1v) is 5.15. The molecule has 1 aliphatic rings. The molecule has 0 amide bonds. The van der Waals surface area contributed by atoms with Crippen molar-refractivity contribution in [2.75, 3.05) is 20.2 Å². The number of hydrogen-bond acceptors (Lipinski definition) is 2. The van der Waals surface area contributed by atoms with E-state index in [9.17, 15) is 0 Å². The summed E-state index contributed by atoms with van der Waals surface area (Å²) in [7, 11) is 2.08. The topological polar surface area (TPSA) is 23.5 Å². The highest BCUT2D eigenvalue weighted by Gasteiger charge is 2.17. The van der Waals surface area contributed by atoms with Crippen LogP contribution in [0.5, 0.6) is 0 Å². The molecule has 2 nitrogen and oxygen atoms in total. The first-order chi connectivity index (χ1) is 6.15. The molecule has 1 aliphatic heterocycles. The SMILES string of the molecule is CC(C)C1=CCN(C)[C@@H](CO)CC1. The molecule has 0 spiro atoms. The van der Waals surface area contributed by atoms with Gasteiger partial charge in [-0.2, -0.15) is 0 Å². The standard InChI is InChI=1S/C11H21NO/c1-9(2)10-4-5-11(8-13)12(3)7-6-10/h6,9,11,13H,4-5,7-8H2,1-3H3/t11-/m1/s1. The Balaban J connectivity index is 2.58. The predicted molar refractivity (Wildman–Crippen MR) is 55.7 cm³/mol. The number of likely N-dealkylation sites (N-methyl/N-ethyl adjacent to an activating group) is 1. The van der Waals surface area contributed by atoms with Crippen molar-refractivity contribution in [3.8, 4) is 0 Å². The molecule has 1 N–H and O–H groups in total. The number of rotatable bonds is 2. The summed E-state index contributed by atoms with van der Waals surface area (Å²) in [5, 5.41) is 9.15. The molecule has 2 heteroatoms. The van der Waals surface area contributed by atoms with Gasteiger partial charge < -0.3 is 5.11 Å². The Labute approximate surface area is 81.2 Å². The van der Waals surface area contributed by atoms with E-state index in [0.717, 1.165) is 19.4 Å². The number of allylic oxidation sites excluding steroid dienone is 1. The summed E-state index contributed by atoms with van der Waals surface area (Å²) in [6, 6.07) is 0.354. The quantitative estimate of drug-likeness (QED) is 0.658. The van der Waals surface area contributed by atoms with Crippen molar-refractivity contribution in [2.45, 2.75) is 32.7 Å². The van der Waals surface area contributed by atoms with Gasteiger partial charge in [0, 0.05) is 12.6 Å². The molecule has 1 rings (SSSR count). The fourth-order valence-corrected chi connectivity index (χ4v) is 1.82. The molecule has 0 saturated heterocycles. The van der Waals surface area contributed by atoms with Gasteiger partial charge in [-0.1, -0.05) is 25.5 Å². The molecule has 13 heavy (non-hydrogen) atoms. The first kappa shape index (κ1) is 10.7. The summed E-state index contributed by atoms with van der Waals surface area (Å²) in [5.74, 6) is 0.658. The van der Waals surface area contributed by atoms with Gasteiger partial charge in [-0.15, -0.1) is 0 Å². The van der Waals surface area contributed by atoms with Gasteiger partial charge in [0.1, 0.15) is 0 Å². The highest BCUT2D eigenvalue weighted by molar-refractivity contribution is 5.08. The van der Waals surface area contributed by atoms with Crippen LogP contribution in [0.2, 0.25) is 0 Å². The molecule has 0 fully saturated rings. The van der Waals surface area contributed by atoms with Crippen LogP contribution in [0.15, 0.2) is 11.6 Å². The summed E-state index contributed by atoms with van der Waals surface area (Å²) >= 11 is 0. The van der Waals surface area contributed by atoms with E-state index in [4.69, 9.17) is 5.11 Å². The van der Waals surface area contributed by atoms with Crippen LogP contribution in [0, 0.1) is 5.92 Å². The van der Waals surface area contributed by atoms with Crippen LogP contribution in [0.1, 0.15) is 26.7 Å². The largest absolute Gasteiger partial charge is 0.395 e. The number of aliphatic hydroxyl groups excluding tert-OH is 1. The summed E-state index contributed by atoms with van der Waals surface area (Å²) in [6.45, 7) is 5.75. The van der Waals surface area contributed by atoms with Gasteiger partial charge in [-0.25, -0.2) is 0 Å². The van der Waals surface area contributed by atoms with E-state index < -0.39 is 0 Å². The van der Waals surface area contributed by atoms with Gasteiger partial charge in [0.25, 0.3) is 0 Å². The number of hydrogen-bond donors (Lipinski definition) is 1. The zero-order chi connectivity index (χ0) is 9.84. The molecule has 1 heterocycles. The van der Waals surface area contributed by atoms with Crippen LogP contribution >= 0.6 is 0 Å². The van der Waals surface area contributed by atoms with E-state index in [1.165, 1.54) is 0 Å². The van der Waals surface area contributed by atoms with Crippen LogP contribution in [0.3, 0.4) is 0 Å². The lowest BCUT2D eigenvalue weighted by molar-refractivity contribution is 0.153. The average Bonchev–Trinajstić information content (AvgIpc) is 2.27. The third kappa shape index (κ3) is 2.82. The maximum absolute atomic E-state index is 9.15. The van der Waals surface area contributed by atoms with Gasteiger partial charge in [0.05, 0.1) is 6.61 Å². The van der Waals surface area contributed by atoms with Crippen LogP contribution in [-0.4, -0.2) is 36.2 Å². The van der Waals surface area contributed by atoms with E-state index in [0.29, 0.717) is 12.0 Å². The highest BCUT2D eigenvalue weighted by Crippen LogP contribution is 2.21. The van der Waals surface area contributed by atoms with Crippen LogP contribution in [-0.2, 0) is 0 Å². The van der Waals surface area contributed by atoms with Crippen molar-refractivity contribution in [1.29, 1.82) is 0 Å². The third-order valence-corrected chi connectivity index (χ3v) is 2.98. The molecule has 0 aliphatic carbocycles. The van der Waals surface area contributed by atoms with Gasteiger partial charge in [-0.05, 0) is 25.8 Å². The summed E-state index contributed by atoms with van der Waals surface area (Å²) in [4.78, 5) is 2.23. The summed E-state index contributed by atoms with van der Waals surface area (Å²) < 4.78 is 0. The molecule has 0 aromatic heterocycles. The lowest BCUT2D eigenvalue weighted by Gasteiger charge is -2.22. The maximum Gasteiger partial charge on any atom is 0.0586 e. The van der Waals surface area contributed by atoms with Gasteiger partial charge in [0.2, 0.25) is 0 Å². The first-order valence-electron chi connectivity index (χ1n) is 5.15. The Bertz CT molecular complexity index is 187. The van der Waals surface area contributed by atoms with Crippen molar-refractivity contribution in [3.63, 3.8) is 0 Å². The Hall–Kier alpha value is -0.340. The van der Waals surface area contributed by atoms with E-state index in [-0.39, 0.29) is 6.61 Å². The normalized spacial score (nSPS) is 25.9. The molecule has 1 atom stereocenters. The monoisotopic (exact) mass is 183 g/mol. The lowest BCUT2D eigenvalue weighted by atomic mass is 9.97. The fraction of sp³-hybridized carbons (Fsp3) is 0.818. The van der Waals surface area contributed by atoms with Gasteiger partial charge in [-0.3, -0.25) is 4.90 Å². The third-order valence-electron chi connectivity index (χ3n) is 2.98. The Morgan fingerprint density at radius 2 is 2.31 bits per heavy atom. The number of aliphatic hydroxyl groups is 1. The molecular formula is C11H21NO. The lowest BCUT2D eigenvalue weighted by Crippen LogP contribution is -2.33. The minimum Gasteiger partial charge on any atom is -0.395 e. The van der Waals surface area contributed by atoms with Crippen molar-refractivity contribution < 1.29 is 5.11 Å². The zero-order valence-corrected chi connectivity index (χ0v) is 8.95. The minimum atomic E-state index is 0.287. The average molecular weight is 183 g/mol. The molecule has 0 unspecified atom stereocenters. The molecule has 0 saturated carbocycles. The molecule has 76 valence electrons. The second-order valence-electron chi connectivity index (χ2n) is 4.25.